The lowest BCUT2D eigenvalue weighted by molar-refractivity contribution is -0.147. The maximum Gasteiger partial charge on any atom is 0.337 e. The smallest absolute Gasteiger partial charge is 0.337 e. The Morgan fingerprint density at radius 1 is 1.33 bits per heavy atom. The summed E-state index contributed by atoms with van der Waals surface area (Å²) in [5.41, 5.74) is 2.44. The molecule has 0 bridgehead atoms. The van der Waals surface area contributed by atoms with E-state index in [1.807, 2.05) is 26.8 Å². The zero-order valence-corrected chi connectivity index (χ0v) is 9.19. The predicted octanol–water partition coefficient (Wildman–Crippen LogP) is 2.24. The lowest BCUT2D eigenvalue weighted by Gasteiger charge is -2.17. The third kappa shape index (κ3) is 2.36. The van der Waals surface area contributed by atoms with Gasteiger partial charge in [-0.2, -0.15) is 0 Å². The van der Waals surface area contributed by atoms with Gasteiger partial charge in [-0.3, -0.25) is 0 Å². The van der Waals surface area contributed by atoms with Gasteiger partial charge in [0.15, 0.2) is 6.10 Å². The Hall–Kier alpha value is -1.35. The van der Waals surface area contributed by atoms with Crippen LogP contribution in [0.5, 0.6) is 0 Å². The van der Waals surface area contributed by atoms with E-state index in [9.17, 15) is 9.90 Å². The number of aliphatic carboxylic acids is 1. The molecule has 0 aliphatic rings. The third-order valence-corrected chi connectivity index (χ3v) is 2.46. The molecular weight excluding hydrogens is 192 g/mol. The molecule has 3 nitrogen and oxygen atoms in total. The molecule has 0 saturated carbocycles. The molecule has 1 aromatic rings. The van der Waals surface area contributed by atoms with Crippen LogP contribution in [0.15, 0.2) is 18.2 Å². The van der Waals surface area contributed by atoms with E-state index in [0.717, 1.165) is 11.1 Å². The molecule has 0 radical (unpaired) electrons. The molecule has 15 heavy (non-hydrogen) atoms. The number of aliphatic hydroxyl groups excluding tert-OH is 1. The average molecular weight is 208 g/mol. The van der Waals surface area contributed by atoms with Crippen molar-refractivity contribution in [3.8, 4) is 0 Å². The highest BCUT2D eigenvalue weighted by atomic mass is 16.4. The standard InChI is InChI=1S/C12H16O3/c1-7(2)10-8(3)5-4-6-9(10)11(13)12(14)15/h4-7,11,13H,1-3H3,(H,14,15). The predicted molar refractivity (Wildman–Crippen MR) is 57.9 cm³/mol. The first-order valence-electron chi connectivity index (χ1n) is 4.95. The number of carbonyl (C=O) groups is 1. The topological polar surface area (TPSA) is 57.5 Å². The summed E-state index contributed by atoms with van der Waals surface area (Å²) in [6.07, 6.45) is -1.43. The van der Waals surface area contributed by atoms with E-state index >= 15 is 0 Å². The van der Waals surface area contributed by atoms with Crippen molar-refractivity contribution in [3.63, 3.8) is 0 Å². The molecule has 2 N–H and O–H groups in total. The zero-order valence-electron chi connectivity index (χ0n) is 9.19. The van der Waals surface area contributed by atoms with E-state index in [1.54, 1.807) is 12.1 Å². The van der Waals surface area contributed by atoms with Crippen molar-refractivity contribution in [2.75, 3.05) is 0 Å². The van der Waals surface area contributed by atoms with Crippen molar-refractivity contribution in [3.05, 3.63) is 34.9 Å². The summed E-state index contributed by atoms with van der Waals surface area (Å²) in [7, 11) is 0. The van der Waals surface area contributed by atoms with Gasteiger partial charge >= 0.3 is 5.97 Å². The number of hydrogen-bond acceptors (Lipinski definition) is 2. The van der Waals surface area contributed by atoms with Crippen LogP contribution < -0.4 is 0 Å². The maximum absolute atomic E-state index is 10.7. The molecule has 1 rings (SSSR count). The van der Waals surface area contributed by atoms with E-state index in [0.29, 0.717) is 5.56 Å². The molecule has 0 heterocycles. The van der Waals surface area contributed by atoms with Gasteiger partial charge in [0.1, 0.15) is 0 Å². The second-order valence-electron chi connectivity index (χ2n) is 3.97. The lowest BCUT2D eigenvalue weighted by atomic mass is 9.90. The molecule has 0 aromatic heterocycles. The Morgan fingerprint density at radius 3 is 2.40 bits per heavy atom. The Balaban J connectivity index is 3.28. The second-order valence-corrected chi connectivity index (χ2v) is 3.97. The highest BCUT2D eigenvalue weighted by Gasteiger charge is 2.21. The maximum atomic E-state index is 10.7. The largest absolute Gasteiger partial charge is 0.479 e. The minimum Gasteiger partial charge on any atom is -0.479 e. The van der Waals surface area contributed by atoms with Crippen LogP contribution in [0.4, 0.5) is 0 Å². The highest BCUT2D eigenvalue weighted by molar-refractivity contribution is 5.74. The summed E-state index contributed by atoms with van der Waals surface area (Å²) in [5, 5.41) is 18.3. The van der Waals surface area contributed by atoms with Crippen LogP contribution in [-0.4, -0.2) is 16.2 Å². The number of carboxylic acids is 1. The van der Waals surface area contributed by atoms with E-state index in [2.05, 4.69) is 0 Å². The van der Waals surface area contributed by atoms with E-state index in [1.165, 1.54) is 0 Å². The van der Waals surface area contributed by atoms with Crippen LogP contribution in [0.3, 0.4) is 0 Å². The van der Waals surface area contributed by atoms with E-state index < -0.39 is 12.1 Å². The first-order valence-corrected chi connectivity index (χ1v) is 4.95. The van der Waals surface area contributed by atoms with Gasteiger partial charge in [0.2, 0.25) is 0 Å². The van der Waals surface area contributed by atoms with Crippen molar-refractivity contribution in [2.24, 2.45) is 0 Å². The molecule has 0 amide bonds. The first-order chi connectivity index (χ1) is 6.95. The lowest BCUT2D eigenvalue weighted by Crippen LogP contribution is -2.14. The Morgan fingerprint density at radius 2 is 1.93 bits per heavy atom. The molecule has 0 aliphatic carbocycles. The van der Waals surface area contributed by atoms with Crippen molar-refractivity contribution in [1.82, 2.24) is 0 Å². The van der Waals surface area contributed by atoms with Crippen molar-refractivity contribution < 1.29 is 15.0 Å². The number of aryl methyl sites for hydroxylation is 1. The molecule has 82 valence electrons. The van der Waals surface area contributed by atoms with Gasteiger partial charge in [-0.1, -0.05) is 32.0 Å². The fraction of sp³-hybridized carbons (Fsp3) is 0.417. The molecule has 0 fully saturated rings. The summed E-state index contributed by atoms with van der Waals surface area (Å²) < 4.78 is 0. The van der Waals surface area contributed by atoms with E-state index in [4.69, 9.17) is 5.11 Å². The molecule has 0 spiro atoms. The van der Waals surface area contributed by atoms with Gasteiger partial charge < -0.3 is 10.2 Å². The number of carboxylic acid groups (broad SMARTS) is 1. The minimum absolute atomic E-state index is 0.204. The summed E-state index contributed by atoms with van der Waals surface area (Å²) in [6, 6.07) is 5.36. The Bertz CT molecular complexity index is 369. The van der Waals surface area contributed by atoms with E-state index in [-0.39, 0.29) is 5.92 Å². The Kier molecular flexibility index (Phi) is 3.48. The van der Waals surface area contributed by atoms with Crippen LogP contribution >= 0.6 is 0 Å². The molecule has 1 atom stereocenters. The van der Waals surface area contributed by atoms with Gasteiger partial charge in [-0.25, -0.2) is 4.79 Å². The van der Waals surface area contributed by atoms with Gasteiger partial charge in [0.05, 0.1) is 0 Å². The third-order valence-electron chi connectivity index (χ3n) is 2.46. The number of hydrogen-bond donors (Lipinski definition) is 2. The van der Waals surface area contributed by atoms with Crippen LogP contribution in [-0.2, 0) is 4.79 Å². The van der Waals surface area contributed by atoms with Crippen molar-refractivity contribution in [1.29, 1.82) is 0 Å². The number of aliphatic hydroxyl groups is 1. The molecule has 0 saturated heterocycles. The average Bonchev–Trinajstić information content (AvgIpc) is 2.15. The molecule has 3 heteroatoms. The van der Waals surface area contributed by atoms with Crippen molar-refractivity contribution >= 4 is 5.97 Å². The second kappa shape index (κ2) is 4.45. The summed E-state index contributed by atoms with van der Waals surface area (Å²) in [4.78, 5) is 10.7. The highest BCUT2D eigenvalue weighted by Crippen LogP contribution is 2.28. The van der Waals surface area contributed by atoms with Gasteiger partial charge in [0, 0.05) is 0 Å². The fourth-order valence-electron chi connectivity index (χ4n) is 1.86. The monoisotopic (exact) mass is 208 g/mol. The molecule has 0 aliphatic heterocycles. The number of benzene rings is 1. The van der Waals surface area contributed by atoms with Crippen molar-refractivity contribution in [2.45, 2.75) is 32.8 Å². The quantitative estimate of drug-likeness (QED) is 0.800. The summed E-state index contributed by atoms with van der Waals surface area (Å²) >= 11 is 0. The van der Waals surface area contributed by atoms with Gasteiger partial charge in [-0.15, -0.1) is 0 Å². The minimum atomic E-state index is -1.43. The van der Waals surface area contributed by atoms with Crippen LogP contribution in [0, 0.1) is 6.92 Å². The molecule has 1 aromatic carbocycles. The fourth-order valence-corrected chi connectivity index (χ4v) is 1.86. The van der Waals surface area contributed by atoms with Gasteiger partial charge in [0.25, 0.3) is 0 Å². The first kappa shape index (κ1) is 11.7. The zero-order chi connectivity index (χ0) is 11.6. The summed E-state index contributed by atoms with van der Waals surface area (Å²) in [6.45, 7) is 5.90. The van der Waals surface area contributed by atoms with Crippen LogP contribution in [0.25, 0.3) is 0 Å². The Labute approximate surface area is 89.4 Å². The van der Waals surface area contributed by atoms with Crippen LogP contribution in [0.1, 0.15) is 42.6 Å². The normalized spacial score (nSPS) is 12.9. The van der Waals surface area contributed by atoms with Crippen LogP contribution in [0.2, 0.25) is 0 Å². The van der Waals surface area contributed by atoms with Gasteiger partial charge in [-0.05, 0) is 29.5 Å². The SMILES string of the molecule is Cc1cccc(C(O)C(=O)O)c1C(C)C. The molecule has 1 unspecified atom stereocenters. The summed E-state index contributed by atoms with van der Waals surface area (Å²) in [5.74, 6) is -1.00. The number of rotatable bonds is 3. The molecular formula is C12H16O3.